The second-order valence-electron chi connectivity index (χ2n) is 5.67. The average Bonchev–Trinajstić information content (AvgIpc) is 3.36. The number of amides is 2. The predicted octanol–water partition coefficient (Wildman–Crippen LogP) is 3.67. The first-order valence-corrected chi connectivity index (χ1v) is 8.37. The summed E-state index contributed by atoms with van der Waals surface area (Å²) in [7, 11) is 1.57. The minimum absolute atomic E-state index is 0.126. The van der Waals surface area contributed by atoms with Gasteiger partial charge in [0.1, 0.15) is 5.75 Å². The number of ether oxygens (including phenoxy) is 1. The van der Waals surface area contributed by atoms with Gasteiger partial charge in [0.15, 0.2) is 0 Å². The molecule has 0 radical (unpaired) electrons. The van der Waals surface area contributed by atoms with Crippen LogP contribution in [0, 0.1) is 11.8 Å². The van der Waals surface area contributed by atoms with Crippen molar-refractivity contribution in [2.45, 2.75) is 6.42 Å². The number of hydrogen-bond acceptors (Lipinski definition) is 3. The third-order valence-electron chi connectivity index (χ3n) is 3.89. The maximum atomic E-state index is 12.3. The van der Waals surface area contributed by atoms with E-state index >= 15 is 0 Å². The summed E-state index contributed by atoms with van der Waals surface area (Å²) in [4.78, 5) is 24.5. The van der Waals surface area contributed by atoms with Crippen molar-refractivity contribution in [3.05, 3.63) is 53.0 Å². The van der Waals surface area contributed by atoms with Gasteiger partial charge in [0, 0.05) is 21.9 Å². The Bertz CT molecular complexity index is 778. The lowest BCUT2D eigenvalue weighted by Crippen LogP contribution is -2.20. The molecular weight excluding hydrogens is 372 g/mol. The Morgan fingerprint density at radius 3 is 2.17 bits per heavy atom. The quantitative estimate of drug-likeness (QED) is 0.820. The van der Waals surface area contributed by atoms with E-state index in [1.165, 1.54) is 0 Å². The van der Waals surface area contributed by atoms with E-state index in [2.05, 4.69) is 26.6 Å². The minimum atomic E-state index is -0.289. The molecule has 0 aliphatic heterocycles. The van der Waals surface area contributed by atoms with Crippen molar-refractivity contribution in [2.75, 3.05) is 17.7 Å². The van der Waals surface area contributed by atoms with Gasteiger partial charge >= 0.3 is 0 Å². The molecule has 0 heterocycles. The molecule has 2 aromatic rings. The van der Waals surface area contributed by atoms with Crippen LogP contribution in [0.2, 0.25) is 0 Å². The Morgan fingerprint density at radius 1 is 1.00 bits per heavy atom. The van der Waals surface area contributed by atoms with Gasteiger partial charge in [-0.05, 0) is 36.8 Å². The first-order valence-electron chi connectivity index (χ1n) is 7.58. The van der Waals surface area contributed by atoms with Gasteiger partial charge in [-0.1, -0.05) is 28.1 Å². The smallest absolute Gasteiger partial charge is 0.228 e. The summed E-state index contributed by atoms with van der Waals surface area (Å²) in [5, 5.41) is 5.67. The number of hydrogen-bond donors (Lipinski definition) is 2. The Balaban J connectivity index is 1.56. The van der Waals surface area contributed by atoms with E-state index in [-0.39, 0.29) is 23.7 Å². The topological polar surface area (TPSA) is 67.4 Å². The van der Waals surface area contributed by atoms with Crippen LogP contribution in [0.4, 0.5) is 11.4 Å². The van der Waals surface area contributed by atoms with Crippen LogP contribution in [0.1, 0.15) is 6.42 Å². The molecule has 2 amide bonds. The molecule has 6 heteroatoms. The van der Waals surface area contributed by atoms with Crippen molar-refractivity contribution in [1.29, 1.82) is 0 Å². The molecule has 2 atom stereocenters. The normalized spacial score (nSPS) is 18.6. The number of benzene rings is 2. The molecular formula is C18H17BrN2O3. The fraction of sp³-hybridized carbons (Fsp3) is 0.222. The van der Waals surface area contributed by atoms with Gasteiger partial charge in [0.25, 0.3) is 0 Å². The summed E-state index contributed by atoms with van der Waals surface area (Å²) in [5.74, 6) is -0.165. The standard InChI is InChI=1S/C18H17BrN2O3/c1-24-14-7-3-6-13(9-14)21-18(23)16-10-15(16)17(22)20-12-5-2-4-11(19)8-12/h2-9,15-16H,10H2,1H3,(H,20,22)(H,21,23). The van der Waals surface area contributed by atoms with E-state index in [1.807, 2.05) is 24.3 Å². The zero-order valence-electron chi connectivity index (χ0n) is 13.1. The Hall–Kier alpha value is -2.34. The van der Waals surface area contributed by atoms with Crippen molar-refractivity contribution in [3.8, 4) is 5.75 Å². The van der Waals surface area contributed by atoms with Crippen LogP contribution in [-0.4, -0.2) is 18.9 Å². The van der Waals surface area contributed by atoms with Crippen molar-refractivity contribution in [3.63, 3.8) is 0 Å². The molecule has 1 saturated carbocycles. The van der Waals surface area contributed by atoms with Gasteiger partial charge in [0.05, 0.1) is 18.9 Å². The van der Waals surface area contributed by atoms with Crippen molar-refractivity contribution < 1.29 is 14.3 Å². The monoisotopic (exact) mass is 388 g/mol. The molecule has 1 aliphatic carbocycles. The van der Waals surface area contributed by atoms with Crippen molar-refractivity contribution in [1.82, 2.24) is 0 Å². The maximum absolute atomic E-state index is 12.3. The van der Waals surface area contributed by atoms with Gasteiger partial charge in [0.2, 0.25) is 11.8 Å². The van der Waals surface area contributed by atoms with Crippen LogP contribution in [0.25, 0.3) is 0 Å². The van der Waals surface area contributed by atoms with Crippen LogP contribution in [-0.2, 0) is 9.59 Å². The minimum Gasteiger partial charge on any atom is -0.497 e. The highest BCUT2D eigenvalue weighted by atomic mass is 79.9. The second kappa shape index (κ2) is 7.05. The van der Waals surface area contributed by atoms with Crippen LogP contribution in [0.15, 0.2) is 53.0 Å². The molecule has 124 valence electrons. The zero-order valence-corrected chi connectivity index (χ0v) is 14.7. The molecule has 0 aromatic heterocycles. The summed E-state index contributed by atoms with van der Waals surface area (Å²) in [6.45, 7) is 0. The molecule has 1 fully saturated rings. The van der Waals surface area contributed by atoms with E-state index in [9.17, 15) is 9.59 Å². The van der Waals surface area contributed by atoms with Gasteiger partial charge in [-0.15, -0.1) is 0 Å². The average molecular weight is 389 g/mol. The first-order chi connectivity index (χ1) is 11.6. The molecule has 0 saturated heterocycles. The number of nitrogens with one attached hydrogen (secondary N) is 2. The van der Waals surface area contributed by atoms with Crippen LogP contribution < -0.4 is 15.4 Å². The zero-order chi connectivity index (χ0) is 17.1. The van der Waals surface area contributed by atoms with Crippen molar-refractivity contribution in [2.24, 2.45) is 11.8 Å². The lowest BCUT2D eigenvalue weighted by atomic mass is 10.2. The molecule has 2 aromatic carbocycles. The Morgan fingerprint density at radius 2 is 1.58 bits per heavy atom. The number of carbonyl (C=O) groups is 2. The molecule has 2 unspecified atom stereocenters. The third-order valence-corrected chi connectivity index (χ3v) is 4.39. The Labute approximate surface area is 148 Å². The molecule has 5 nitrogen and oxygen atoms in total. The third kappa shape index (κ3) is 3.94. The summed E-state index contributed by atoms with van der Waals surface area (Å²) < 4.78 is 6.02. The second-order valence-corrected chi connectivity index (χ2v) is 6.59. The molecule has 3 rings (SSSR count). The fourth-order valence-electron chi connectivity index (χ4n) is 2.51. The summed E-state index contributed by atoms with van der Waals surface area (Å²) in [6, 6.07) is 14.5. The van der Waals surface area contributed by atoms with Gasteiger partial charge in [-0.25, -0.2) is 0 Å². The van der Waals surface area contributed by atoms with Crippen LogP contribution >= 0.6 is 15.9 Å². The number of halogens is 1. The number of methoxy groups -OCH3 is 1. The summed E-state index contributed by atoms with van der Waals surface area (Å²) >= 11 is 3.36. The maximum Gasteiger partial charge on any atom is 0.228 e. The lowest BCUT2D eigenvalue weighted by molar-refractivity contribution is -0.122. The number of carbonyl (C=O) groups excluding carboxylic acids is 2. The summed E-state index contributed by atoms with van der Waals surface area (Å²) in [5.41, 5.74) is 1.38. The van der Waals surface area contributed by atoms with Gasteiger partial charge in [-0.3, -0.25) is 9.59 Å². The lowest BCUT2D eigenvalue weighted by Gasteiger charge is -2.07. The van der Waals surface area contributed by atoms with E-state index < -0.39 is 0 Å². The predicted molar refractivity (Wildman–Crippen MR) is 96.0 cm³/mol. The van der Waals surface area contributed by atoms with Crippen molar-refractivity contribution >= 4 is 39.1 Å². The first kappa shape index (κ1) is 16.5. The van der Waals surface area contributed by atoms with Gasteiger partial charge < -0.3 is 15.4 Å². The van der Waals surface area contributed by atoms with E-state index in [1.54, 1.807) is 31.4 Å². The Kier molecular flexibility index (Phi) is 4.85. The highest BCUT2D eigenvalue weighted by molar-refractivity contribution is 9.10. The number of rotatable bonds is 5. The largest absolute Gasteiger partial charge is 0.497 e. The SMILES string of the molecule is COc1cccc(NC(=O)C2CC2C(=O)Nc2cccc(Br)c2)c1. The molecule has 0 bridgehead atoms. The molecule has 0 spiro atoms. The van der Waals surface area contributed by atoms with Crippen LogP contribution in [0.3, 0.4) is 0 Å². The van der Waals surface area contributed by atoms with Crippen LogP contribution in [0.5, 0.6) is 5.75 Å². The number of anilines is 2. The van der Waals surface area contributed by atoms with Gasteiger partial charge in [-0.2, -0.15) is 0 Å². The highest BCUT2D eigenvalue weighted by Crippen LogP contribution is 2.40. The molecule has 24 heavy (non-hydrogen) atoms. The molecule has 1 aliphatic rings. The highest BCUT2D eigenvalue weighted by Gasteiger charge is 2.48. The van der Waals surface area contributed by atoms with E-state index in [4.69, 9.17) is 4.74 Å². The van der Waals surface area contributed by atoms with E-state index in [0.29, 0.717) is 23.5 Å². The fourth-order valence-corrected chi connectivity index (χ4v) is 2.91. The molecule has 2 N–H and O–H groups in total. The summed E-state index contributed by atoms with van der Waals surface area (Å²) in [6.07, 6.45) is 0.565. The van der Waals surface area contributed by atoms with E-state index in [0.717, 1.165) is 4.47 Å².